The van der Waals surface area contributed by atoms with Crippen molar-refractivity contribution in [2.24, 2.45) is 0 Å². The van der Waals surface area contributed by atoms with Crippen molar-refractivity contribution in [3.05, 3.63) is 35.4 Å². The second-order valence-electron chi connectivity index (χ2n) is 5.93. The van der Waals surface area contributed by atoms with Crippen molar-refractivity contribution in [2.45, 2.75) is 16.7 Å². The lowest BCUT2D eigenvalue weighted by Crippen LogP contribution is -2.23. The fourth-order valence-electron chi connectivity index (χ4n) is 2.68. The Labute approximate surface area is 168 Å². The predicted molar refractivity (Wildman–Crippen MR) is 107 cm³/mol. The average molecular weight is 447 g/mol. The molecular formula is C17H19ClN2O6S2. The van der Waals surface area contributed by atoms with Crippen molar-refractivity contribution in [1.82, 2.24) is 0 Å². The molecule has 0 saturated heterocycles. The van der Waals surface area contributed by atoms with Gasteiger partial charge in [0.1, 0.15) is 17.3 Å². The van der Waals surface area contributed by atoms with Gasteiger partial charge in [-0.25, -0.2) is 16.8 Å². The fraction of sp³-hybridized carbons (Fsp3) is 0.294. The number of halogens is 1. The van der Waals surface area contributed by atoms with Gasteiger partial charge in [-0.1, -0.05) is 18.5 Å². The fourth-order valence-corrected chi connectivity index (χ4v) is 5.18. The summed E-state index contributed by atoms with van der Waals surface area (Å²) in [6.07, 6.45) is 0. The smallest absolute Gasteiger partial charge is 0.265 e. The molecule has 152 valence electrons. The van der Waals surface area contributed by atoms with Gasteiger partial charge < -0.3 is 14.8 Å². The van der Waals surface area contributed by atoms with Crippen LogP contribution < -0.4 is 19.5 Å². The van der Waals surface area contributed by atoms with E-state index in [1.807, 2.05) is 0 Å². The molecular weight excluding hydrogens is 428 g/mol. The van der Waals surface area contributed by atoms with Gasteiger partial charge in [0.25, 0.3) is 10.0 Å². The van der Waals surface area contributed by atoms with Crippen LogP contribution in [0.15, 0.2) is 40.1 Å². The Balaban J connectivity index is 2.10. The maximum Gasteiger partial charge on any atom is 0.265 e. The number of sulfone groups is 1. The Morgan fingerprint density at radius 1 is 1.21 bits per heavy atom. The van der Waals surface area contributed by atoms with Crippen LogP contribution in [0.2, 0.25) is 5.02 Å². The van der Waals surface area contributed by atoms with E-state index in [1.165, 1.54) is 38.3 Å². The van der Waals surface area contributed by atoms with Crippen LogP contribution in [-0.2, 0) is 19.9 Å². The molecule has 0 aliphatic carbocycles. The van der Waals surface area contributed by atoms with Crippen LogP contribution in [0.5, 0.6) is 11.5 Å². The summed E-state index contributed by atoms with van der Waals surface area (Å²) in [6.45, 7) is 2.18. The summed E-state index contributed by atoms with van der Waals surface area (Å²) in [5.74, 6) is 0.312. The average Bonchev–Trinajstić information content (AvgIpc) is 2.67. The van der Waals surface area contributed by atoms with Crippen LogP contribution in [0.4, 0.5) is 11.4 Å². The quantitative estimate of drug-likeness (QED) is 0.701. The minimum Gasteiger partial charge on any atom is -0.495 e. The number of anilines is 2. The lowest BCUT2D eigenvalue weighted by atomic mass is 10.2. The van der Waals surface area contributed by atoms with E-state index in [2.05, 4.69) is 10.0 Å². The molecule has 28 heavy (non-hydrogen) atoms. The third-order valence-corrected chi connectivity index (χ3v) is 7.52. The molecule has 0 saturated carbocycles. The van der Waals surface area contributed by atoms with Crippen LogP contribution in [0, 0.1) is 0 Å². The molecule has 1 aliphatic rings. The molecule has 2 aromatic carbocycles. The molecule has 11 heteroatoms. The number of methoxy groups -OCH3 is 1. The Bertz CT molecular complexity index is 1120. The summed E-state index contributed by atoms with van der Waals surface area (Å²) in [4.78, 5) is -0.365. The van der Waals surface area contributed by atoms with Gasteiger partial charge >= 0.3 is 0 Å². The zero-order valence-electron chi connectivity index (χ0n) is 15.2. The van der Waals surface area contributed by atoms with Gasteiger partial charge in [0.15, 0.2) is 15.6 Å². The highest BCUT2D eigenvalue weighted by atomic mass is 35.5. The molecule has 0 amide bonds. The highest BCUT2D eigenvalue weighted by Gasteiger charge is 2.28. The number of sulfonamides is 1. The molecule has 0 aromatic heterocycles. The minimum atomic E-state index is -4.16. The lowest BCUT2D eigenvalue weighted by Gasteiger charge is -2.23. The largest absolute Gasteiger partial charge is 0.495 e. The van der Waals surface area contributed by atoms with Crippen molar-refractivity contribution < 1.29 is 26.3 Å². The first-order valence-corrected chi connectivity index (χ1v) is 11.8. The Morgan fingerprint density at radius 2 is 1.96 bits per heavy atom. The summed E-state index contributed by atoms with van der Waals surface area (Å²) < 4.78 is 63.7. The van der Waals surface area contributed by atoms with E-state index in [0.29, 0.717) is 18.0 Å². The monoisotopic (exact) mass is 446 g/mol. The zero-order valence-corrected chi connectivity index (χ0v) is 17.5. The molecule has 0 radical (unpaired) electrons. The first-order chi connectivity index (χ1) is 13.2. The second kappa shape index (κ2) is 7.69. The number of hydrogen-bond donors (Lipinski definition) is 2. The summed E-state index contributed by atoms with van der Waals surface area (Å²) >= 11 is 6.05. The SMILES string of the molecule is CCS(=O)(=O)c1cc2c(c(S(=O)(=O)Nc3ccc(OC)c(Cl)c3)c1)OCCN2. The molecule has 1 heterocycles. The maximum absolute atomic E-state index is 13.0. The third kappa shape index (κ3) is 3.98. The number of nitrogens with one attached hydrogen (secondary N) is 2. The van der Waals surface area contributed by atoms with Crippen molar-refractivity contribution in [2.75, 3.05) is 36.1 Å². The molecule has 0 bridgehead atoms. The summed E-state index contributed by atoms with van der Waals surface area (Å²) in [7, 11) is -6.34. The molecule has 0 atom stereocenters. The van der Waals surface area contributed by atoms with Gasteiger partial charge in [-0.05, 0) is 30.3 Å². The van der Waals surface area contributed by atoms with E-state index in [1.54, 1.807) is 0 Å². The van der Waals surface area contributed by atoms with E-state index in [0.717, 1.165) is 6.07 Å². The Kier molecular flexibility index (Phi) is 5.64. The van der Waals surface area contributed by atoms with Crippen molar-refractivity contribution in [1.29, 1.82) is 0 Å². The van der Waals surface area contributed by atoms with Gasteiger partial charge in [0.05, 0.1) is 34.2 Å². The molecule has 1 aliphatic heterocycles. The molecule has 0 unspecified atom stereocenters. The standard InChI is InChI=1S/C17H19ClN2O6S2/c1-3-27(21,22)12-9-14-17(26-7-6-19-14)16(10-12)28(23,24)20-11-4-5-15(25-2)13(18)8-11/h4-5,8-10,19-20H,3,6-7H2,1-2H3. The van der Waals surface area contributed by atoms with Gasteiger partial charge in [-0.15, -0.1) is 0 Å². The zero-order chi connectivity index (χ0) is 20.5. The highest BCUT2D eigenvalue weighted by molar-refractivity contribution is 7.93. The van der Waals surface area contributed by atoms with Crippen molar-refractivity contribution in [3.8, 4) is 11.5 Å². The van der Waals surface area contributed by atoms with Crippen LogP contribution in [0.1, 0.15) is 6.92 Å². The maximum atomic E-state index is 13.0. The van der Waals surface area contributed by atoms with Gasteiger partial charge in [0.2, 0.25) is 0 Å². The molecule has 3 rings (SSSR count). The van der Waals surface area contributed by atoms with E-state index >= 15 is 0 Å². The van der Waals surface area contributed by atoms with Gasteiger partial charge in [-0.3, -0.25) is 4.72 Å². The van der Waals surface area contributed by atoms with E-state index < -0.39 is 19.9 Å². The summed E-state index contributed by atoms with van der Waals surface area (Å²) in [5.41, 5.74) is 0.515. The highest BCUT2D eigenvalue weighted by Crippen LogP contribution is 2.38. The number of hydrogen-bond acceptors (Lipinski definition) is 7. The first-order valence-electron chi connectivity index (χ1n) is 8.32. The van der Waals surface area contributed by atoms with Crippen LogP contribution >= 0.6 is 11.6 Å². The van der Waals surface area contributed by atoms with Gasteiger partial charge in [-0.2, -0.15) is 0 Å². The van der Waals surface area contributed by atoms with E-state index in [4.69, 9.17) is 21.1 Å². The topological polar surface area (TPSA) is 111 Å². The van der Waals surface area contributed by atoms with E-state index in [-0.39, 0.29) is 38.6 Å². The minimum absolute atomic E-state index is 0.0772. The molecule has 2 N–H and O–H groups in total. The third-order valence-electron chi connectivity index (χ3n) is 4.12. The number of benzene rings is 2. The number of fused-ring (bicyclic) bond motifs is 1. The molecule has 8 nitrogen and oxygen atoms in total. The van der Waals surface area contributed by atoms with Crippen LogP contribution in [-0.4, -0.2) is 42.8 Å². The lowest BCUT2D eigenvalue weighted by molar-refractivity contribution is 0.314. The van der Waals surface area contributed by atoms with Crippen molar-refractivity contribution in [3.63, 3.8) is 0 Å². The first kappa shape index (κ1) is 20.6. The predicted octanol–water partition coefficient (Wildman–Crippen LogP) is 2.75. The summed E-state index contributed by atoms with van der Waals surface area (Å²) in [5, 5.41) is 3.21. The number of rotatable bonds is 6. The molecule has 2 aromatic rings. The summed E-state index contributed by atoms with van der Waals surface area (Å²) in [6, 6.07) is 6.90. The normalized spacial score (nSPS) is 13.8. The van der Waals surface area contributed by atoms with Gasteiger partial charge in [0, 0.05) is 6.54 Å². The number of ether oxygens (including phenoxy) is 2. The molecule has 0 fully saturated rings. The van der Waals surface area contributed by atoms with Crippen LogP contribution in [0.3, 0.4) is 0 Å². The Morgan fingerprint density at radius 3 is 2.61 bits per heavy atom. The van der Waals surface area contributed by atoms with Crippen molar-refractivity contribution >= 4 is 42.8 Å². The van der Waals surface area contributed by atoms with E-state index in [9.17, 15) is 16.8 Å². The molecule has 0 spiro atoms. The second-order valence-corrected chi connectivity index (χ2v) is 10.3. The van der Waals surface area contributed by atoms with Crippen LogP contribution in [0.25, 0.3) is 0 Å². The Hall–Kier alpha value is -2.17.